The predicted molar refractivity (Wildman–Crippen MR) is 166 cm³/mol. The van der Waals surface area contributed by atoms with Crippen molar-refractivity contribution in [3.8, 4) is 16.9 Å². The van der Waals surface area contributed by atoms with Crippen LogP contribution in [0.1, 0.15) is 46.3 Å². The number of carbonyl (C=O) groups excluding carboxylic acids is 1. The number of benzene rings is 1. The number of piperazine rings is 1. The van der Waals surface area contributed by atoms with E-state index in [0.717, 1.165) is 28.9 Å². The van der Waals surface area contributed by atoms with Gasteiger partial charge in [-0.05, 0) is 49.1 Å². The molecule has 5 rings (SSSR count). The Morgan fingerprint density at radius 2 is 2.02 bits per heavy atom. The van der Waals surface area contributed by atoms with Crippen LogP contribution in [0.5, 0.6) is 0 Å². The van der Waals surface area contributed by atoms with Crippen molar-refractivity contribution in [1.82, 2.24) is 24.4 Å². The summed E-state index contributed by atoms with van der Waals surface area (Å²) in [6.45, 7) is 13.6. The van der Waals surface area contributed by atoms with E-state index in [2.05, 4.69) is 16.5 Å². The van der Waals surface area contributed by atoms with Crippen LogP contribution in [-0.2, 0) is 4.79 Å². The molecule has 210 valence electrons. The van der Waals surface area contributed by atoms with E-state index in [9.17, 15) is 9.59 Å². The van der Waals surface area contributed by atoms with Crippen LogP contribution in [0.4, 0.5) is 5.82 Å². The number of halogens is 1. The second-order valence-electron chi connectivity index (χ2n) is 10.5. The van der Waals surface area contributed by atoms with Gasteiger partial charge in [-0.3, -0.25) is 9.78 Å². The molecule has 0 spiro atoms. The van der Waals surface area contributed by atoms with E-state index in [1.54, 1.807) is 23.2 Å². The standard InChI is InChI=1S/C32H33ClN6O2/c1-7-22-11-9-10-12-23(22)28-25(33)17-24-30(38-16-15-37(18-21(38)6)26(40)8-2)36-32(41)39(31(24)35-28)29-20(5)13-14-34-27(29)19(3)4/h7-14,17,19,21H,1-2,15-16,18H2,3-6H3/t21-/m0/s1/i2D,8D. The van der Waals surface area contributed by atoms with Crippen molar-refractivity contribution in [3.63, 3.8) is 0 Å². The lowest BCUT2D eigenvalue weighted by Gasteiger charge is -2.40. The zero-order valence-corrected chi connectivity index (χ0v) is 24.3. The van der Waals surface area contributed by atoms with E-state index in [0.29, 0.717) is 52.9 Å². The number of aromatic nitrogens is 4. The minimum Gasteiger partial charge on any atom is -0.350 e. The van der Waals surface area contributed by atoms with Crippen molar-refractivity contribution in [1.29, 1.82) is 0 Å². The van der Waals surface area contributed by atoms with Crippen molar-refractivity contribution in [2.45, 2.75) is 39.7 Å². The first-order chi connectivity index (χ1) is 20.6. The van der Waals surface area contributed by atoms with Crippen molar-refractivity contribution in [3.05, 3.63) is 94.1 Å². The first kappa shape index (κ1) is 25.7. The third kappa shape index (κ3) is 5.04. The molecular formula is C32H33ClN6O2. The van der Waals surface area contributed by atoms with Gasteiger partial charge >= 0.3 is 5.69 Å². The zero-order valence-electron chi connectivity index (χ0n) is 25.6. The molecule has 0 radical (unpaired) electrons. The molecule has 0 aliphatic carbocycles. The smallest absolute Gasteiger partial charge is 0.350 e. The molecule has 1 amide bonds. The van der Waals surface area contributed by atoms with Gasteiger partial charge in [0.15, 0.2) is 5.65 Å². The lowest BCUT2D eigenvalue weighted by molar-refractivity contribution is -0.126. The maximum Gasteiger partial charge on any atom is 0.355 e. The van der Waals surface area contributed by atoms with Crippen LogP contribution in [0.15, 0.2) is 66.6 Å². The highest BCUT2D eigenvalue weighted by molar-refractivity contribution is 6.34. The van der Waals surface area contributed by atoms with E-state index >= 15 is 0 Å². The van der Waals surface area contributed by atoms with Crippen molar-refractivity contribution in [2.24, 2.45) is 0 Å². The number of anilines is 1. The minimum atomic E-state index is -0.505. The Bertz CT molecular complexity index is 1840. The molecule has 1 aromatic carbocycles. The van der Waals surface area contributed by atoms with E-state index in [4.69, 9.17) is 19.3 Å². The van der Waals surface area contributed by atoms with Crippen molar-refractivity contribution in [2.75, 3.05) is 24.5 Å². The summed E-state index contributed by atoms with van der Waals surface area (Å²) < 4.78 is 16.6. The normalized spacial score (nSPS) is 16.6. The van der Waals surface area contributed by atoms with Gasteiger partial charge < -0.3 is 9.80 Å². The van der Waals surface area contributed by atoms with E-state index in [1.165, 1.54) is 4.57 Å². The molecular weight excluding hydrogens is 536 g/mol. The Morgan fingerprint density at radius 1 is 1.24 bits per heavy atom. The Hall–Kier alpha value is -4.30. The SMILES string of the molecule is [2H]C=C([2H])C(=O)N1CCN(c2nc(=O)n(-c3c(C)ccnc3C(C)C)c3nc(-c4ccccc4C=C)c(Cl)cc23)[C@@H](C)C1. The Morgan fingerprint density at radius 3 is 2.73 bits per heavy atom. The largest absolute Gasteiger partial charge is 0.355 e. The number of fused-ring (bicyclic) bond motifs is 1. The van der Waals surface area contributed by atoms with Gasteiger partial charge in [-0.1, -0.05) is 68.9 Å². The van der Waals surface area contributed by atoms with Crippen molar-refractivity contribution >= 4 is 40.4 Å². The third-order valence-electron chi connectivity index (χ3n) is 7.47. The van der Waals surface area contributed by atoms with Gasteiger partial charge in [0.25, 0.3) is 0 Å². The van der Waals surface area contributed by atoms with Crippen LogP contribution in [-0.4, -0.2) is 56.0 Å². The lowest BCUT2D eigenvalue weighted by Crippen LogP contribution is -2.54. The molecule has 1 atom stereocenters. The Kier molecular flexibility index (Phi) is 7.07. The van der Waals surface area contributed by atoms with Crippen LogP contribution in [0.3, 0.4) is 0 Å². The highest BCUT2D eigenvalue weighted by Crippen LogP contribution is 2.36. The van der Waals surface area contributed by atoms with Gasteiger partial charge in [-0.2, -0.15) is 4.98 Å². The molecule has 0 saturated carbocycles. The average Bonchev–Trinajstić information content (AvgIpc) is 3.00. The molecule has 41 heavy (non-hydrogen) atoms. The molecule has 4 aromatic rings. The summed E-state index contributed by atoms with van der Waals surface area (Å²) in [5.74, 6) is -0.0584. The first-order valence-electron chi connectivity index (χ1n) is 14.6. The molecule has 0 unspecified atom stereocenters. The van der Waals surface area contributed by atoms with Crippen LogP contribution >= 0.6 is 11.6 Å². The van der Waals surface area contributed by atoms with Crippen molar-refractivity contribution < 1.29 is 7.54 Å². The number of pyridine rings is 2. The number of hydrogen-bond donors (Lipinski definition) is 0. The summed E-state index contributed by atoms with van der Waals surface area (Å²) >= 11 is 6.94. The molecule has 1 aliphatic rings. The summed E-state index contributed by atoms with van der Waals surface area (Å²) in [6.07, 6.45) is 3.48. The van der Waals surface area contributed by atoms with Gasteiger partial charge in [-0.15, -0.1) is 0 Å². The summed E-state index contributed by atoms with van der Waals surface area (Å²) in [7, 11) is 0. The molecule has 3 aromatic heterocycles. The summed E-state index contributed by atoms with van der Waals surface area (Å²) in [5.41, 5.74) is 4.27. The molecule has 0 bridgehead atoms. The predicted octanol–water partition coefficient (Wildman–Crippen LogP) is 5.79. The molecule has 9 heteroatoms. The monoisotopic (exact) mass is 570 g/mol. The van der Waals surface area contributed by atoms with Gasteiger partial charge in [0, 0.05) is 37.4 Å². The molecule has 8 nitrogen and oxygen atoms in total. The van der Waals surface area contributed by atoms with Gasteiger partial charge in [-0.25, -0.2) is 14.3 Å². The van der Waals surface area contributed by atoms with E-state index in [1.807, 2.05) is 62.9 Å². The number of amides is 1. The zero-order chi connectivity index (χ0) is 31.0. The second kappa shape index (κ2) is 11.3. The van der Waals surface area contributed by atoms with Gasteiger partial charge in [0.05, 0.1) is 30.2 Å². The van der Waals surface area contributed by atoms with Crippen LogP contribution in [0.25, 0.3) is 34.1 Å². The van der Waals surface area contributed by atoms with Gasteiger partial charge in [0.1, 0.15) is 5.82 Å². The molecule has 1 saturated heterocycles. The summed E-state index contributed by atoms with van der Waals surface area (Å²) in [4.78, 5) is 44.5. The first-order valence-corrected chi connectivity index (χ1v) is 13.9. The molecule has 0 N–H and O–H groups in total. The van der Waals surface area contributed by atoms with E-state index in [-0.39, 0.29) is 18.0 Å². The topological polar surface area (TPSA) is 84.2 Å². The molecule has 1 aliphatic heterocycles. The molecule has 4 heterocycles. The number of aryl methyl sites for hydroxylation is 1. The summed E-state index contributed by atoms with van der Waals surface area (Å²) in [6, 6.07) is 10.7. The maximum atomic E-state index is 14.1. The number of hydrogen-bond acceptors (Lipinski definition) is 6. The number of nitrogens with zero attached hydrogens (tertiary/aromatic N) is 6. The highest BCUT2D eigenvalue weighted by Gasteiger charge is 2.30. The second-order valence-corrected chi connectivity index (χ2v) is 10.9. The Labute approximate surface area is 247 Å². The van der Waals surface area contributed by atoms with Crippen LogP contribution in [0, 0.1) is 6.92 Å². The fraction of sp³-hybridized carbons (Fsp3) is 0.281. The van der Waals surface area contributed by atoms with E-state index < -0.39 is 11.6 Å². The average molecular weight is 571 g/mol. The fourth-order valence-electron chi connectivity index (χ4n) is 5.44. The number of carbonyl (C=O) groups is 1. The third-order valence-corrected chi connectivity index (χ3v) is 7.76. The van der Waals surface area contributed by atoms with Crippen LogP contribution < -0.4 is 10.6 Å². The highest BCUT2D eigenvalue weighted by atomic mass is 35.5. The lowest BCUT2D eigenvalue weighted by atomic mass is 10.0. The maximum absolute atomic E-state index is 14.1. The van der Waals surface area contributed by atoms with Gasteiger partial charge in [0.2, 0.25) is 5.91 Å². The molecule has 1 fully saturated rings. The number of rotatable bonds is 6. The minimum absolute atomic E-state index is 0.0233. The summed E-state index contributed by atoms with van der Waals surface area (Å²) in [5, 5.41) is 0.976. The quantitative estimate of drug-likeness (QED) is 0.273. The fourth-order valence-corrected chi connectivity index (χ4v) is 5.69. The Balaban J connectivity index is 1.78. The van der Waals surface area contributed by atoms with Crippen LogP contribution in [0.2, 0.25) is 5.02 Å².